The summed E-state index contributed by atoms with van der Waals surface area (Å²) >= 11 is 0. The largest absolute Gasteiger partial charge is 0.489 e. The molecular weight excluding hydrogens is 436 g/mol. The molecule has 34 heavy (non-hydrogen) atoms. The number of fused-ring (bicyclic) bond motifs is 1. The average Bonchev–Trinajstić information content (AvgIpc) is 3.44. The zero-order chi connectivity index (χ0) is 23.3. The molecule has 0 aliphatic heterocycles. The molecule has 172 valence electrons. The molecule has 5 rings (SSSR count). The number of aliphatic hydroxyl groups is 1. The molecule has 0 saturated heterocycles. The maximum Gasteiger partial charge on any atom is 0.305 e. The van der Waals surface area contributed by atoms with Crippen molar-refractivity contribution in [3.63, 3.8) is 0 Å². The fourth-order valence-electron chi connectivity index (χ4n) is 3.39. The third-order valence-electron chi connectivity index (χ3n) is 4.95. The fourth-order valence-corrected chi connectivity index (χ4v) is 3.39. The minimum atomic E-state index is -0.934. The molecule has 5 aromatic rings. The van der Waals surface area contributed by atoms with E-state index >= 15 is 0 Å². The van der Waals surface area contributed by atoms with Gasteiger partial charge in [0.1, 0.15) is 24.8 Å². The number of nitrogens with zero attached hydrogens (tertiary/aromatic N) is 7. The second-order valence-electron chi connectivity index (χ2n) is 7.41. The highest BCUT2D eigenvalue weighted by atomic mass is 16.5. The smallest absolute Gasteiger partial charge is 0.305 e. The number of aliphatic hydroxyl groups excluding tert-OH is 1. The van der Waals surface area contributed by atoms with Crippen LogP contribution in [-0.2, 0) is 13.7 Å². The van der Waals surface area contributed by atoms with Gasteiger partial charge < -0.3 is 19.9 Å². The monoisotopic (exact) mass is 458 g/mol. The molecule has 0 radical (unpaired) electrons. The summed E-state index contributed by atoms with van der Waals surface area (Å²) in [6.07, 6.45) is -0.934. The standard InChI is InChI=1S/C23H22N8O3/c1-30-22(27-28-29-30)31-19-12-6-5-11-18(19)25-23(31)34-14-16-8-7-13-20(24-16)26-21(32)15-33-17-9-3-2-4-10-17/h2-13,21,32H,14-15H2,1H3,(H,24,26). The second kappa shape index (κ2) is 9.55. The highest BCUT2D eigenvalue weighted by Gasteiger charge is 2.18. The lowest BCUT2D eigenvalue weighted by molar-refractivity contribution is 0.129. The van der Waals surface area contributed by atoms with Gasteiger partial charge >= 0.3 is 6.01 Å². The Balaban J connectivity index is 1.28. The first-order valence-electron chi connectivity index (χ1n) is 10.6. The molecule has 1 atom stereocenters. The summed E-state index contributed by atoms with van der Waals surface area (Å²) in [5.41, 5.74) is 2.22. The summed E-state index contributed by atoms with van der Waals surface area (Å²) in [6.45, 7) is 0.225. The first kappa shape index (κ1) is 21.3. The normalized spacial score (nSPS) is 11.9. The Hall–Kier alpha value is -4.51. The van der Waals surface area contributed by atoms with E-state index in [1.807, 2.05) is 66.7 Å². The molecule has 0 amide bonds. The van der Waals surface area contributed by atoms with Crippen molar-refractivity contribution in [3.05, 3.63) is 78.5 Å². The number of hydrogen-bond donors (Lipinski definition) is 2. The van der Waals surface area contributed by atoms with Crippen LogP contribution in [0.1, 0.15) is 5.69 Å². The average molecular weight is 458 g/mol. The number of rotatable bonds is 9. The summed E-state index contributed by atoms with van der Waals surface area (Å²) in [5, 5.41) is 24.9. The van der Waals surface area contributed by atoms with E-state index in [0.717, 1.165) is 11.0 Å². The molecule has 11 nitrogen and oxygen atoms in total. The molecular formula is C23H22N8O3. The number of aryl methyl sites for hydroxylation is 1. The Morgan fingerprint density at radius 3 is 2.59 bits per heavy atom. The van der Waals surface area contributed by atoms with Crippen LogP contribution in [0.4, 0.5) is 5.82 Å². The third-order valence-corrected chi connectivity index (χ3v) is 4.95. The topological polar surface area (TPSA) is 125 Å². The Morgan fingerprint density at radius 2 is 1.76 bits per heavy atom. The van der Waals surface area contributed by atoms with Gasteiger partial charge in [0.15, 0.2) is 6.23 Å². The zero-order valence-electron chi connectivity index (χ0n) is 18.3. The van der Waals surface area contributed by atoms with Crippen LogP contribution < -0.4 is 14.8 Å². The molecule has 0 bridgehead atoms. The van der Waals surface area contributed by atoms with E-state index in [9.17, 15) is 5.11 Å². The Kier molecular flexibility index (Phi) is 5.99. The van der Waals surface area contributed by atoms with Crippen LogP contribution in [0, 0.1) is 0 Å². The summed E-state index contributed by atoms with van der Waals surface area (Å²) in [6, 6.07) is 22.7. The van der Waals surface area contributed by atoms with Gasteiger partial charge in [0.25, 0.3) is 5.95 Å². The van der Waals surface area contributed by atoms with E-state index < -0.39 is 6.23 Å². The molecule has 0 aliphatic carbocycles. The molecule has 0 saturated carbocycles. The summed E-state index contributed by atoms with van der Waals surface area (Å²) in [5.74, 6) is 1.66. The first-order valence-corrected chi connectivity index (χ1v) is 10.6. The van der Waals surface area contributed by atoms with Gasteiger partial charge in [-0.05, 0) is 46.8 Å². The van der Waals surface area contributed by atoms with Gasteiger partial charge in [0, 0.05) is 7.05 Å². The van der Waals surface area contributed by atoms with Gasteiger partial charge in [0.05, 0.1) is 16.7 Å². The van der Waals surface area contributed by atoms with Crippen LogP contribution in [0.2, 0.25) is 0 Å². The van der Waals surface area contributed by atoms with Gasteiger partial charge in [-0.15, -0.1) is 0 Å². The van der Waals surface area contributed by atoms with E-state index in [0.29, 0.717) is 29.2 Å². The van der Waals surface area contributed by atoms with Gasteiger partial charge in [-0.25, -0.2) is 14.2 Å². The number of tetrazole rings is 1. The van der Waals surface area contributed by atoms with Crippen LogP contribution in [0.15, 0.2) is 72.8 Å². The van der Waals surface area contributed by atoms with Crippen LogP contribution >= 0.6 is 0 Å². The molecule has 3 heterocycles. The van der Waals surface area contributed by atoms with Crippen LogP contribution in [0.25, 0.3) is 17.0 Å². The third kappa shape index (κ3) is 4.64. The Bertz CT molecular complexity index is 1390. The molecule has 0 spiro atoms. The van der Waals surface area contributed by atoms with E-state index in [2.05, 4.69) is 30.8 Å². The van der Waals surface area contributed by atoms with Crippen molar-refractivity contribution in [1.29, 1.82) is 0 Å². The van der Waals surface area contributed by atoms with Crippen molar-refractivity contribution < 1.29 is 14.6 Å². The Morgan fingerprint density at radius 1 is 0.941 bits per heavy atom. The number of benzene rings is 2. The first-order chi connectivity index (χ1) is 16.7. The maximum absolute atomic E-state index is 10.3. The number of imidazole rings is 1. The lowest BCUT2D eigenvalue weighted by Crippen LogP contribution is -2.27. The van der Waals surface area contributed by atoms with Crippen molar-refractivity contribution in [2.24, 2.45) is 7.05 Å². The fraction of sp³-hybridized carbons (Fsp3) is 0.174. The van der Waals surface area contributed by atoms with Gasteiger partial charge in [-0.2, -0.15) is 4.98 Å². The van der Waals surface area contributed by atoms with Crippen molar-refractivity contribution >= 4 is 16.9 Å². The van der Waals surface area contributed by atoms with Crippen LogP contribution in [0.3, 0.4) is 0 Å². The molecule has 0 aliphatic rings. The number of hydrogen-bond acceptors (Lipinski definition) is 9. The van der Waals surface area contributed by atoms with Gasteiger partial charge in [-0.3, -0.25) is 0 Å². The highest BCUT2D eigenvalue weighted by molar-refractivity contribution is 5.78. The molecule has 0 fully saturated rings. The summed E-state index contributed by atoms with van der Waals surface area (Å²) in [7, 11) is 1.75. The predicted molar refractivity (Wildman–Crippen MR) is 124 cm³/mol. The number of nitrogens with one attached hydrogen (secondary N) is 1. The maximum atomic E-state index is 10.3. The Labute approximate surface area is 194 Å². The minimum Gasteiger partial charge on any atom is -0.489 e. The van der Waals surface area contributed by atoms with Crippen molar-refractivity contribution in [3.8, 4) is 17.7 Å². The molecule has 3 aromatic heterocycles. The van der Waals surface area contributed by atoms with Crippen LogP contribution in [-0.4, -0.2) is 52.7 Å². The number of anilines is 1. The summed E-state index contributed by atoms with van der Waals surface area (Å²) < 4.78 is 14.9. The molecule has 1 unspecified atom stereocenters. The van der Waals surface area contributed by atoms with E-state index in [-0.39, 0.29) is 13.2 Å². The number of aromatic nitrogens is 7. The molecule has 11 heteroatoms. The number of pyridine rings is 1. The quantitative estimate of drug-likeness (QED) is 0.320. The van der Waals surface area contributed by atoms with Gasteiger partial charge in [0.2, 0.25) is 0 Å². The lowest BCUT2D eigenvalue weighted by Gasteiger charge is -2.15. The van der Waals surface area contributed by atoms with Crippen molar-refractivity contribution in [2.75, 3.05) is 11.9 Å². The highest BCUT2D eigenvalue weighted by Crippen LogP contribution is 2.25. The van der Waals surface area contributed by atoms with Crippen molar-refractivity contribution in [2.45, 2.75) is 12.8 Å². The molecule has 2 N–H and O–H groups in total. The minimum absolute atomic E-state index is 0.0716. The van der Waals surface area contributed by atoms with E-state index in [4.69, 9.17) is 9.47 Å². The van der Waals surface area contributed by atoms with Gasteiger partial charge in [-0.1, -0.05) is 41.5 Å². The molecule has 2 aromatic carbocycles. The van der Waals surface area contributed by atoms with Crippen LogP contribution in [0.5, 0.6) is 11.8 Å². The lowest BCUT2D eigenvalue weighted by atomic mass is 10.3. The van der Waals surface area contributed by atoms with E-state index in [1.165, 1.54) is 0 Å². The predicted octanol–water partition coefficient (Wildman–Crippen LogP) is 2.33. The summed E-state index contributed by atoms with van der Waals surface area (Å²) in [4.78, 5) is 9.09. The number of para-hydroxylation sites is 3. The second-order valence-corrected chi connectivity index (χ2v) is 7.41. The zero-order valence-corrected chi connectivity index (χ0v) is 18.3. The SMILES string of the molecule is Cn1nnnc1-n1c(OCc2cccc(NC(O)COc3ccccc3)n2)nc2ccccc21. The van der Waals surface area contributed by atoms with E-state index in [1.54, 1.807) is 22.4 Å². The van der Waals surface area contributed by atoms with Crippen molar-refractivity contribution in [1.82, 2.24) is 34.7 Å². The number of ether oxygens (including phenoxy) is 2.